The van der Waals surface area contributed by atoms with Crippen LogP contribution in [0, 0.1) is 6.92 Å². The maximum atomic E-state index is 13.5. The number of para-hydroxylation sites is 1. The number of fused-ring (bicyclic) bond motifs is 1. The minimum Gasteiger partial charge on any atom is -0.496 e. The Morgan fingerprint density at radius 3 is 2.53 bits per heavy atom. The number of carbonyl (C=O) groups is 1. The Bertz CT molecular complexity index is 1610. The van der Waals surface area contributed by atoms with E-state index in [0.29, 0.717) is 48.5 Å². The number of benzene rings is 2. The van der Waals surface area contributed by atoms with Crippen molar-refractivity contribution < 1.29 is 17.9 Å². The highest BCUT2D eigenvalue weighted by molar-refractivity contribution is 7.90. The van der Waals surface area contributed by atoms with Gasteiger partial charge in [-0.25, -0.2) is 0 Å². The van der Waals surface area contributed by atoms with Crippen LogP contribution in [0.4, 0.5) is 0 Å². The second-order valence-corrected chi connectivity index (χ2v) is 11.6. The van der Waals surface area contributed by atoms with Crippen molar-refractivity contribution in [3.63, 3.8) is 0 Å². The minimum absolute atomic E-state index is 0.0358. The molecule has 1 aliphatic carbocycles. The number of ether oxygens (including phenoxy) is 1. The minimum atomic E-state index is -4.04. The van der Waals surface area contributed by atoms with Crippen molar-refractivity contribution in [3.8, 4) is 5.75 Å². The molecule has 1 aliphatic rings. The van der Waals surface area contributed by atoms with Gasteiger partial charge in [0.05, 0.1) is 24.1 Å². The average molecular weight is 554 g/mol. The molecule has 1 atom stereocenters. The van der Waals surface area contributed by atoms with E-state index in [1.54, 1.807) is 38.4 Å². The highest BCUT2D eigenvalue weighted by Crippen LogP contribution is 2.39. The van der Waals surface area contributed by atoms with E-state index in [9.17, 15) is 13.2 Å². The van der Waals surface area contributed by atoms with Gasteiger partial charge in [0.25, 0.3) is 15.9 Å². The first-order valence-electron chi connectivity index (χ1n) is 12.1. The van der Waals surface area contributed by atoms with Gasteiger partial charge in [0.15, 0.2) is 0 Å². The summed E-state index contributed by atoms with van der Waals surface area (Å²) < 4.78 is 34.6. The molecule has 9 nitrogen and oxygen atoms in total. The molecule has 2 heterocycles. The zero-order valence-corrected chi connectivity index (χ0v) is 22.9. The number of hydrogen-bond acceptors (Lipinski definition) is 6. The van der Waals surface area contributed by atoms with Crippen LogP contribution in [-0.4, -0.2) is 46.9 Å². The molecule has 5 rings (SSSR count). The standard InChI is InChI=1S/C27H28ClN5O4S/c1-18-24(25(28)32(2)30-18)38(35,36)33-16-19-15-27(14-13-22(19)31-33,20-9-5-4-6-10-20)17-29-26(34)21-11-7-8-12-23(21)37-3/h4-12,16H,13-15,17H2,1-3H3,(H,29,34). The third kappa shape index (κ3) is 4.48. The van der Waals surface area contributed by atoms with Crippen LogP contribution in [0.3, 0.4) is 0 Å². The molecule has 0 spiro atoms. The molecule has 0 bridgehead atoms. The topological polar surface area (TPSA) is 108 Å². The molecule has 198 valence electrons. The van der Waals surface area contributed by atoms with Gasteiger partial charge in [0, 0.05) is 25.2 Å². The van der Waals surface area contributed by atoms with Gasteiger partial charge >= 0.3 is 0 Å². The summed E-state index contributed by atoms with van der Waals surface area (Å²) in [6.45, 7) is 1.96. The zero-order chi connectivity index (χ0) is 27.1. The summed E-state index contributed by atoms with van der Waals surface area (Å²) in [5.41, 5.74) is 2.90. The Hall–Kier alpha value is -3.63. The second-order valence-electron chi connectivity index (χ2n) is 9.51. The highest BCUT2D eigenvalue weighted by atomic mass is 35.5. The van der Waals surface area contributed by atoms with E-state index in [0.717, 1.165) is 15.2 Å². The molecule has 0 fully saturated rings. The maximum absolute atomic E-state index is 13.5. The van der Waals surface area contributed by atoms with Crippen LogP contribution in [0.25, 0.3) is 0 Å². The van der Waals surface area contributed by atoms with Gasteiger partial charge in [-0.05, 0) is 49.4 Å². The third-order valence-corrected chi connectivity index (χ3v) is 9.38. The van der Waals surface area contributed by atoms with Gasteiger partial charge in [-0.1, -0.05) is 54.1 Å². The monoisotopic (exact) mass is 553 g/mol. The van der Waals surface area contributed by atoms with Gasteiger partial charge < -0.3 is 10.1 Å². The molecule has 4 aromatic rings. The number of halogens is 1. The SMILES string of the molecule is COc1ccccc1C(=O)NCC1(c2ccccc2)CCc2nn(S(=O)(=O)c3c(C)nn(C)c3Cl)cc2C1. The fraction of sp³-hybridized carbons (Fsp3) is 0.296. The lowest BCUT2D eigenvalue weighted by Gasteiger charge is -2.37. The van der Waals surface area contributed by atoms with Crippen LogP contribution in [0.2, 0.25) is 5.15 Å². The van der Waals surface area contributed by atoms with Crippen molar-refractivity contribution in [2.45, 2.75) is 36.5 Å². The summed E-state index contributed by atoms with van der Waals surface area (Å²) in [7, 11) is -0.911. The van der Waals surface area contributed by atoms with Crippen molar-refractivity contribution in [1.29, 1.82) is 0 Å². The molecule has 1 N–H and O–H groups in total. The quantitative estimate of drug-likeness (QED) is 0.374. The van der Waals surface area contributed by atoms with Crippen molar-refractivity contribution in [3.05, 3.63) is 94.0 Å². The predicted octanol–water partition coefficient (Wildman–Crippen LogP) is 3.68. The molecule has 38 heavy (non-hydrogen) atoms. The summed E-state index contributed by atoms with van der Waals surface area (Å²) >= 11 is 6.27. The van der Waals surface area contributed by atoms with Gasteiger partial charge in [0.1, 0.15) is 15.8 Å². The van der Waals surface area contributed by atoms with Crippen molar-refractivity contribution in [2.75, 3.05) is 13.7 Å². The molecule has 0 saturated heterocycles. The molecule has 11 heteroatoms. The smallest absolute Gasteiger partial charge is 0.287 e. The fourth-order valence-corrected chi connectivity index (χ4v) is 7.06. The van der Waals surface area contributed by atoms with Gasteiger partial charge in [-0.15, -0.1) is 0 Å². The van der Waals surface area contributed by atoms with E-state index in [1.807, 2.05) is 36.4 Å². The Morgan fingerprint density at radius 1 is 1.13 bits per heavy atom. The highest BCUT2D eigenvalue weighted by Gasteiger charge is 2.39. The normalized spacial score (nSPS) is 17.2. The number of aromatic nitrogens is 4. The number of hydrogen-bond donors (Lipinski definition) is 1. The number of methoxy groups -OCH3 is 1. The molecule has 0 aliphatic heterocycles. The van der Waals surface area contributed by atoms with Crippen molar-refractivity contribution in [1.82, 2.24) is 24.3 Å². The van der Waals surface area contributed by atoms with Gasteiger partial charge in [-0.2, -0.15) is 22.7 Å². The Labute approximate surface area is 226 Å². The number of carbonyl (C=O) groups excluding carboxylic acids is 1. The first kappa shape index (κ1) is 26.0. The number of nitrogens with one attached hydrogen (secondary N) is 1. The van der Waals surface area contributed by atoms with E-state index in [4.69, 9.17) is 16.3 Å². The van der Waals surface area contributed by atoms with E-state index < -0.39 is 15.4 Å². The van der Waals surface area contributed by atoms with E-state index >= 15 is 0 Å². The van der Waals surface area contributed by atoms with Crippen LogP contribution in [0.5, 0.6) is 5.75 Å². The fourth-order valence-electron chi connectivity index (χ4n) is 5.18. The summed E-state index contributed by atoms with van der Waals surface area (Å²) in [5, 5.41) is 11.7. The summed E-state index contributed by atoms with van der Waals surface area (Å²) in [5.74, 6) is 0.268. The summed E-state index contributed by atoms with van der Waals surface area (Å²) in [6.07, 6.45) is 3.30. The van der Waals surface area contributed by atoms with Crippen LogP contribution < -0.4 is 10.1 Å². The van der Waals surface area contributed by atoms with Crippen LogP contribution >= 0.6 is 11.6 Å². The lowest BCUT2D eigenvalue weighted by atomic mass is 9.69. The van der Waals surface area contributed by atoms with Gasteiger partial charge in [-0.3, -0.25) is 9.48 Å². The molecule has 1 unspecified atom stereocenters. The molecule has 2 aromatic carbocycles. The Morgan fingerprint density at radius 2 is 1.84 bits per heavy atom. The largest absolute Gasteiger partial charge is 0.496 e. The number of amides is 1. The van der Waals surface area contributed by atoms with Crippen LogP contribution in [0.15, 0.2) is 65.7 Å². The first-order valence-corrected chi connectivity index (χ1v) is 14.0. The molecule has 0 radical (unpaired) electrons. The lowest BCUT2D eigenvalue weighted by Crippen LogP contribution is -2.44. The summed E-state index contributed by atoms with van der Waals surface area (Å²) in [4.78, 5) is 13.1. The van der Waals surface area contributed by atoms with Crippen molar-refractivity contribution in [2.24, 2.45) is 7.05 Å². The zero-order valence-electron chi connectivity index (χ0n) is 21.3. The molecular formula is C27H28ClN5O4S. The van der Waals surface area contributed by atoms with Crippen LogP contribution in [-0.2, 0) is 35.3 Å². The molecule has 2 aromatic heterocycles. The number of nitrogens with zero attached hydrogens (tertiary/aromatic N) is 4. The van der Waals surface area contributed by atoms with Crippen molar-refractivity contribution >= 4 is 27.5 Å². The molecule has 1 amide bonds. The molecular weight excluding hydrogens is 526 g/mol. The Kier molecular flexibility index (Phi) is 6.79. The van der Waals surface area contributed by atoms with Crippen LogP contribution in [0.1, 0.15) is 39.3 Å². The lowest BCUT2D eigenvalue weighted by molar-refractivity contribution is 0.0937. The van der Waals surface area contributed by atoms with E-state index in [-0.39, 0.29) is 16.0 Å². The van der Waals surface area contributed by atoms with E-state index in [1.165, 1.54) is 11.8 Å². The first-order chi connectivity index (χ1) is 18.2. The Balaban J connectivity index is 1.48. The number of aryl methyl sites for hydroxylation is 3. The molecule has 0 saturated carbocycles. The van der Waals surface area contributed by atoms with Gasteiger partial charge in [0.2, 0.25) is 0 Å². The summed E-state index contributed by atoms with van der Waals surface area (Å²) in [6, 6.07) is 17.1. The third-order valence-electron chi connectivity index (χ3n) is 7.15. The average Bonchev–Trinajstić information content (AvgIpc) is 3.47. The second kappa shape index (κ2) is 9.92. The number of rotatable bonds is 7. The van der Waals surface area contributed by atoms with E-state index in [2.05, 4.69) is 15.5 Å². The maximum Gasteiger partial charge on any atom is 0.287 e. The predicted molar refractivity (Wildman–Crippen MR) is 143 cm³/mol.